The third-order valence-corrected chi connectivity index (χ3v) is 4.09. The molecule has 1 aromatic rings. The Morgan fingerprint density at radius 3 is 2.90 bits per heavy atom. The molecule has 2 N–H and O–H groups in total. The summed E-state index contributed by atoms with van der Waals surface area (Å²) in [4.78, 5) is 16.5. The average Bonchev–Trinajstić information content (AvgIpc) is 2.50. The van der Waals surface area contributed by atoms with Crippen LogP contribution in [0.5, 0.6) is 0 Å². The maximum absolute atomic E-state index is 12.4. The lowest BCUT2D eigenvalue weighted by molar-refractivity contribution is 0.0538. The van der Waals surface area contributed by atoms with Gasteiger partial charge in [0.1, 0.15) is 5.82 Å². The van der Waals surface area contributed by atoms with Crippen LogP contribution < -0.4 is 10.6 Å². The average molecular weight is 312 g/mol. The van der Waals surface area contributed by atoms with Crippen molar-refractivity contribution in [3.63, 3.8) is 0 Å². The van der Waals surface area contributed by atoms with Gasteiger partial charge in [-0.25, -0.2) is 4.98 Å². The normalized spacial score (nSPS) is 17.3. The van der Waals surface area contributed by atoms with Crippen molar-refractivity contribution >= 4 is 23.3 Å². The molecule has 1 saturated heterocycles. The molecule has 1 unspecified atom stereocenters. The van der Waals surface area contributed by atoms with Crippen LogP contribution in [-0.2, 0) is 4.74 Å². The molecular formula is C15H22ClN3O2. The highest BCUT2D eigenvalue weighted by Crippen LogP contribution is 2.21. The van der Waals surface area contributed by atoms with Crippen molar-refractivity contribution in [2.24, 2.45) is 5.92 Å². The fraction of sp³-hybridized carbons (Fsp3) is 0.600. The summed E-state index contributed by atoms with van der Waals surface area (Å²) in [5, 5.41) is 6.49. The van der Waals surface area contributed by atoms with Gasteiger partial charge in [0, 0.05) is 32.0 Å². The van der Waals surface area contributed by atoms with Crippen LogP contribution in [0.1, 0.15) is 37.0 Å². The van der Waals surface area contributed by atoms with Gasteiger partial charge in [0.05, 0.1) is 10.6 Å². The largest absolute Gasteiger partial charge is 0.381 e. The molecular weight excluding hydrogens is 290 g/mol. The number of aromatic nitrogens is 1. The fourth-order valence-electron chi connectivity index (χ4n) is 2.51. The molecule has 2 heterocycles. The number of carbonyl (C=O) groups is 1. The Hall–Kier alpha value is -1.33. The van der Waals surface area contributed by atoms with E-state index in [0.29, 0.717) is 22.3 Å². The van der Waals surface area contributed by atoms with Crippen molar-refractivity contribution < 1.29 is 9.53 Å². The topological polar surface area (TPSA) is 63.2 Å². The van der Waals surface area contributed by atoms with Gasteiger partial charge in [0.25, 0.3) is 5.91 Å². The summed E-state index contributed by atoms with van der Waals surface area (Å²) in [6.07, 6.45) is 3.47. The second kappa shape index (κ2) is 7.61. The minimum Gasteiger partial charge on any atom is -0.381 e. The number of carbonyl (C=O) groups excluding carboxylic acids is 1. The Labute approximate surface area is 130 Å². The molecule has 0 saturated carbocycles. The van der Waals surface area contributed by atoms with Crippen LogP contribution >= 0.6 is 11.6 Å². The number of hydrogen-bond donors (Lipinski definition) is 2. The van der Waals surface area contributed by atoms with Gasteiger partial charge in [-0.15, -0.1) is 0 Å². The SMILES string of the molecule is CCNc1cc(C(=O)NC(C)C2CCOCC2)c(Cl)cn1. The van der Waals surface area contributed by atoms with E-state index in [0.717, 1.165) is 32.6 Å². The van der Waals surface area contributed by atoms with Crippen LogP contribution in [0.15, 0.2) is 12.3 Å². The molecule has 0 bridgehead atoms. The predicted molar refractivity (Wildman–Crippen MR) is 83.9 cm³/mol. The maximum atomic E-state index is 12.4. The lowest BCUT2D eigenvalue weighted by atomic mass is 9.93. The third-order valence-electron chi connectivity index (χ3n) is 3.79. The molecule has 0 aromatic carbocycles. The number of nitrogens with zero attached hydrogens (tertiary/aromatic N) is 1. The van der Waals surface area contributed by atoms with Gasteiger partial charge in [0.15, 0.2) is 0 Å². The summed E-state index contributed by atoms with van der Waals surface area (Å²) >= 11 is 6.09. The molecule has 1 aliphatic rings. The molecule has 116 valence electrons. The van der Waals surface area contributed by atoms with Gasteiger partial charge in [-0.3, -0.25) is 4.79 Å². The van der Waals surface area contributed by atoms with E-state index in [9.17, 15) is 4.79 Å². The summed E-state index contributed by atoms with van der Waals surface area (Å²) in [7, 11) is 0. The molecule has 0 radical (unpaired) electrons. The molecule has 1 aromatic heterocycles. The molecule has 5 nitrogen and oxygen atoms in total. The maximum Gasteiger partial charge on any atom is 0.253 e. The van der Waals surface area contributed by atoms with E-state index in [-0.39, 0.29) is 11.9 Å². The minimum absolute atomic E-state index is 0.105. The van der Waals surface area contributed by atoms with Crippen molar-refractivity contribution in [3.05, 3.63) is 22.8 Å². The third kappa shape index (κ3) is 4.32. The molecule has 2 rings (SSSR count). The molecule has 21 heavy (non-hydrogen) atoms. The highest BCUT2D eigenvalue weighted by molar-refractivity contribution is 6.33. The summed E-state index contributed by atoms with van der Waals surface area (Å²) in [5.41, 5.74) is 0.460. The number of ether oxygens (including phenoxy) is 1. The highest BCUT2D eigenvalue weighted by Gasteiger charge is 2.23. The van der Waals surface area contributed by atoms with Crippen LogP contribution in [-0.4, -0.2) is 36.7 Å². The van der Waals surface area contributed by atoms with Crippen molar-refractivity contribution in [1.82, 2.24) is 10.3 Å². The Morgan fingerprint density at radius 2 is 2.24 bits per heavy atom. The van der Waals surface area contributed by atoms with Crippen molar-refractivity contribution in [2.75, 3.05) is 25.1 Å². The number of hydrogen-bond acceptors (Lipinski definition) is 4. The van der Waals surface area contributed by atoms with E-state index >= 15 is 0 Å². The standard InChI is InChI=1S/C15H22ClN3O2/c1-3-17-14-8-12(13(16)9-18-14)15(20)19-10(2)11-4-6-21-7-5-11/h8-11H,3-7H2,1-2H3,(H,17,18)(H,19,20). The highest BCUT2D eigenvalue weighted by atomic mass is 35.5. The van der Waals surface area contributed by atoms with Gasteiger partial charge < -0.3 is 15.4 Å². The smallest absolute Gasteiger partial charge is 0.253 e. The zero-order chi connectivity index (χ0) is 15.2. The number of rotatable bonds is 5. The summed E-state index contributed by atoms with van der Waals surface area (Å²) in [5.74, 6) is 0.961. The molecule has 0 aliphatic carbocycles. The zero-order valence-electron chi connectivity index (χ0n) is 12.5. The van der Waals surface area contributed by atoms with E-state index in [1.165, 1.54) is 6.20 Å². The number of amides is 1. The Balaban J connectivity index is 2.03. The first-order valence-corrected chi connectivity index (χ1v) is 7.77. The monoisotopic (exact) mass is 311 g/mol. The second-order valence-electron chi connectivity index (χ2n) is 5.29. The van der Waals surface area contributed by atoms with Crippen LogP contribution in [0.25, 0.3) is 0 Å². The lowest BCUT2D eigenvalue weighted by Crippen LogP contribution is -2.40. The van der Waals surface area contributed by atoms with E-state index < -0.39 is 0 Å². The summed E-state index contributed by atoms with van der Waals surface area (Å²) in [6.45, 7) is 6.29. The fourth-order valence-corrected chi connectivity index (χ4v) is 2.70. The molecule has 0 spiro atoms. The van der Waals surface area contributed by atoms with E-state index in [1.54, 1.807) is 6.07 Å². The number of pyridine rings is 1. The van der Waals surface area contributed by atoms with Crippen molar-refractivity contribution in [1.29, 1.82) is 0 Å². The van der Waals surface area contributed by atoms with Crippen molar-refractivity contribution in [3.8, 4) is 0 Å². The Kier molecular flexibility index (Phi) is 5.82. The van der Waals surface area contributed by atoms with Crippen molar-refractivity contribution in [2.45, 2.75) is 32.7 Å². The van der Waals surface area contributed by atoms with E-state index in [1.807, 2.05) is 13.8 Å². The quantitative estimate of drug-likeness (QED) is 0.877. The predicted octanol–water partition coefficient (Wildman–Crippen LogP) is 2.71. The summed E-state index contributed by atoms with van der Waals surface area (Å²) < 4.78 is 5.35. The van der Waals surface area contributed by atoms with Gasteiger partial charge in [-0.05, 0) is 38.7 Å². The first kappa shape index (κ1) is 16.0. The van der Waals surface area contributed by atoms with Gasteiger partial charge in [0.2, 0.25) is 0 Å². The lowest BCUT2D eigenvalue weighted by Gasteiger charge is -2.28. The number of anilines is 1. The first-order chi connectivity index (χ1) is 10.1. The van der Waals surface area contributed by atoms with E-state index in [2.05, 4.69) is 15.6 Å². The molecule has 1 atom stereocenters. The molecule has 1 aliphatic heterocycles. The summed E-state index contributed by atoms with van der Waals surface area (Å²) in [6, 6.07) is 1.80. The second-order valence-corrected chi connectivity index (χ2v) is 5.70. The Bertz CT molecular complexity index is 490. The van der Waals surface area contributed by atoms with Crippen LogP contribution in [0.3, 0.4) is 0 Å². The van der Waals surface area contributed by atoms with E-state index in [4.69, 9.17) is 16.3 Å². The minimum atomic E-state index is -0.152. The van der Waals surface area contributed by atoms with Crippen LogP contribution in [0, 0.1) is 5.92 Å². The number of nitrogens with one attached hydrogen (secondary N) is 2. The van der Waals surface area contributed by atoms with Gasteiger partial charge in [-0.1, -0.05) is 11.6 Å². The van der Waals surface area contributed by atoms with Crippen LogP contribution in [0.2, 0.25) is 5.02 Å². The van der Waals surface area contributed by atoms with Gasteiger partial charge >= 0.3 is 0 Å². The zero-order valence-corrected chi connectivity index (χ0v) is 13.2. The molecule has 1 amide bonds. The van der Waals surface area contributed by atoms with Gasteiger partial charge in [-0.2, -0.15) is 0 Å². The molecule has 1 fully saturated rings. The van der Waals surface area contributed by atoms with Crippen LogP contribution in [0.4, 0.5) is 5.82 Å². The first-order valence-electron chi connectivity index (χ1n) is 7.39. The Morgan fingerprint density at radius 1 is 1.52 bits per heavy atom. The molecule has 6 heteroatoms. The number of halogens is 1.